The molecule has 0 radical (unpaired) electrons. The number of aromatic nitrogens is 5. The van der Waals surface area contributed by atoms with Crippen LogP contribution in [0.3, 0.4) is 0 Å². The number of nitrogens with one attached hydrogen (secondary N) is 1. The number of amides is 1. The minimum Gasteiger partial charge on any atom is -0.322 e. The zero-order valence-electron chi connectivity index (χ0n) is 18.3. The van der Waals surface area contributed by atoms with E-state index in [1.165, 1.54) is 24.3 Å². The van der Waals surface area contributed by atoms with E-state index in [0.29, 0.717) is 33.9 Å². The molecule has 1 aliphatic rings. The van der Waals surface area contributed by atoms with Crippen molar-refractivity contribution in [3.8, 4) is 11.4 Å². The standard InChI is InChI=1S/C24H22F2N6O/c1-13-14(2)28-22-18(10-15(25)11-20(22)27-13)24(33)29-16-7-8-19(26)17(12-16)23-31-30-21-6-4-3-5-9-32(21)23/h7-8,10-12H,3-6,9H2,1-2H3,(H,29,33). The first kappa shape index (κ1) is 21.1. The Morgan fingerprint density at radius 2 is 1.82 bits per heavy atom. The van der Waals surface area contributed by atoms with E-state index in [1.807, 2.05) is 4.57 Å². The Bertz CT molecular complexity index is 1400. The zero-order valence-corrected chi connectivity index (χ0v) is 18.3. The van der Waals surface area contributed by atoms with Crippen molar-refractivity contribution in [1.29, 1.82) is 0 Å². The van der Waals surface area contributed by atoms with Crippen molar-refractivity contribution in [1.82, 2.24) is 24.7 Å². The lowest BCUT2D eigenvalue weighted by molar-refractivity contribution is 0.102. The molecule has 4 aromatic rings. The minimum atomic E-state index is -0.587. The lowest BCUT2D eigenvalue weighted by Crippen LogP contribution is -2.14. The summed E-state index contributed by atoms with van der Waals surface area (Å²) in [4.78, 5) is 21.8. The number of fused-ring (bicyclic) bond motifs is 2. The van der Waals surface area contributed by atoms with Crippen LogP contribution in [0.5, 0.6) is 0 Å². The molecule has 168 valence electrons. The fourth-order valence-corrected chi connectivity index (χ4v) is 4.13. The first-order chi connectivity index (χ1) is 15.9. The van der Waals surface area contributed by atoms with E-state index in [9.17, 15) is 13.6 Å². The van der Waals surface area contributed by atoms with Gasteiger partial charge in [0.05, 0.1) is 28.0 Å². The summed E-state index contributed by atoms with van der Waals surface area (Å²) in [5.41, 5.74) is 2.59. The Balaban J connectivity index is 1.51. The molecule has 0 bridgehead atoms. The first-order valence-electron chi connectivity index (χ1n) is 10.9. The van der Waals surface area contributed by atoms with Crippen molar-refractivity contribution in [3.05, 3.63) is 64.7 Å². The molecule has 2 aromatic carbocycles. The molecule has 0 saturated carbocycles. The number of halogens is 2. The van der Waals surface area contributed by atoms with Crippen LogP contribution in [0, 0.1) is 25.5 Å². The van der Waals surface area contributed by atoms with Gasteiger partial charge < -0.3 is 9.88 Å². The second-order valence-electron chi connectivity index (χ2n) is 8.27. The summed E-state index contributed by atoms with van der Waals surface area (Å²) in [7, 11) is 0. The van der Waals surface area contributed by atoms with Crippen molar-refractivity contribution in [3.63, 3.8) is 0 Å². The molecule has 1 amide bonds. The van der Waals surface area contributed by atoms with Gasteiger partial charge in [-0.25, -0.2) is 18.7 Å². The minimum absolute atomic E-state index is 0.0582. The van der Waals surface area contributed by atoms with Crippen LogP contribution in [-0.4, -0.2) is 30.6 Å². The molecule has 5 rings (SSSR count). The van der Waals surface area contributed by atoms with Crippen molar-refractivity contribution in [2.45, 2.75) is 46.1 Å². The monoisotopic (exact) mass is 448 g/mol. The maximum Gasteiger partial charge on any atom is 0.258 e. The van der Waals surface area contributed by atoms with E-state index in [4.69, 9.17) is 0 Å². The highest BCUT2D eigenvalue weighted by atomic mass is 19.1. The van der Waals surface area contributed by atoms with Gasteiger partial charge >= 0.3 is 0 Å². The van der Waals surface area contributed by atoms with Crippen molar-refractivity contribution in [2.24, 2.45) is 0 Å². The van der Waals surface area contributed by atoms with Gasteiger partial charge in [0.2, 0.25) is 0 Å². The van der Waals surface area contributed by atoms with Gasteiger partial charge in [0, 0.05) is 24.7 Å². The number of anilines is 1. The summed E-state index contributed by atoms with van der Waals surface area (Å²) in [5.74, 6) is -0.327. The molecular formula is C24H22F2N6O. The van der Waals surface area contributed by atoms with Gasteiger partial charge in [0.15, 0.2) is 5.82 Å². The number of carbonyl (C=O) groups is 1. The van der Waals surface area contributed by atoms with E-state index >= 15 is 0 Å². The molecule has 2 aromatic heterocycles. The lowest BCUT2D eigenvalue weighted by atomic mass is 10.1. The van der Waals surface area contributed by atoms with Crippen LogP contribution in [0.15, 0.2) is 30.3 Å². The molecule has 1 aliphatic heterocycles. The third-order valence-electron chi connectivity index (χ3n) is 5.97. The number of aryl methyl sites for hydroxylation is 3. The maximum atomic E-state index is 14.7. The summed E-state index contributed by atoms with van der Waals surface area (Å²) >= 11 is 0. The molecule has 1 N–H and O–H groups in total. The third-order valence-corrected chi connectivity index (χ3v) is 5.97. The maximum absolute atomic E-state index is 14.7. The average molecular weight is 448 g/mol. The van der Waals surface area contributed by atoms with Gasteiger partial charge in [-0.3, -0.25) is 4.79 Å². The van der Waals surface area contributed by atoms with Crippen LogP contribution in [0.2, 0.25) is 0 Å². The van der Waals surface area contributed by atoms with Crippen LogP contribution in [0.25, 0.3) is 22.4 Å². The zero-order chi connectivity index (χ0) is 23.1. The van der Waals surface area contributed by atoms with Gasteiger partial charge in [-0.15, -0.1) is 10.2 Å². The highest BCUT2D eigenvalue weighted by Crippen LogP contribution is 2.28. The molecular weight excluding hydrogens is 426 g/mol. The highest BCUT2D eigenvalue weighted by Gasteiger charge is 2.20. The van der Waals surface area contributed by atoms with Gasteiger partial charge in [0.25, 0.3) is 5.91 Å². The smallest absolute Gasteiger partial charge is 0.258 e. The molecule has 0 unspecified atom stereocenters. The summed E-state index contributed by atoms with van der Waals surface area (Å²) < 4.78 is 30.9. The second kappa shape index (κ2) is 8.31. The van der Waals surface area contributed by atoms with E-state index in [0.717, 1.165) is 44.1 Å². The number of nitrogens with zero attached hydrogens (tertiary/aromatic N) is 5. The fraction of sp³-hybridized carbons (Fsp3) is 0.292. The largest absolute Gasteiger partial charge is 0.322 e. The normalized spacial score (nSPS) is 13.6. The lowest BCUT2D eigenvalue weighted by Gasteiger charge is -2.12. The van der Waals surface area contributed by atoms with Crippen molar-refractivity contribution < 1.29 is 13.6 Å². The molecule has 7 nitrogen and oxygen atoms in total. The molecule has 0 fully saturated rings. The fourth-order valence-electron chi connectivity index (χ4n) is 4.13. The van der Waals surface area contributed by atoms with Crippen LogP contribution in [0.1, 0.15) is 46.8 Å². The topological polar surface area (TPSA) is 85.6 Å². The molecule has 0 saturated heterocycles. The van der Waals surface area contributed by atoms with E-state index < -0.39 is 17.5 Å². The summed E-state index contributed by atoms with van der Waals surface area (Å²) in [6, 6.07) is 6.64. The van der Waals surface area contributed by atoms with E-state index in [2.05, 4.69) is 25.5 Å². The van der Waals surface area contributed by atoms with Gasteiger partial charge in [-0.1, -0.05) is 6.42 Å². The van der Waals surface area contributed by atoms with Gasteiger partial charge in [-0.2, -0.15) is 0 Å². The predicted molar refractivity (Wildman–Crippen MR) is 120 cm³/mol. The molecule has 0 aliphatic carbocycles. The molecule has 0 spiro atoms. The van der Waals surface area contributed by atoms with Gasteiger partial charge in [-0.05, 0) is 51.0 Å². The highest BCUT2D eigenvalue weighted by molar-refractivity contribution is 6.11. The second-order valence-corrected chi connectivity index (χ2v) is 8.27. The third kappa shape index (κ3) is 3.94. The molecule has 33 heavy (non-hydrogen) atoms. The first-order valence-corrected chi connectivity index (χ1v) is 10.9. The summed E-state index contributed by atoms with van der Waals surface area (Å²) in [6.45, 7) is 4.28. The van der Waals surface area contributed by atoms with Crippen LogP contribution >= 0.6 is 0 Å². The summed E-state index contributed by atoms with van der Waals surface area (Å²) in [5, 5.41) is 11.2. The molecule has 9 heteroatoms. The number of rotatable bonds is 3. The Hall–Kier alpha value is -3.75. The SMILES string of the molecule is Cc1nc2cc(F)cc(C(=O)Nc3ccc(F)c(-c4nnc5n4CCCCC5)c3)c2nc1C. The van der Waals surface area contributed by atoms with Crippen molar-refractivity contribution >= 4 is 22.6 Å². The molecule has 3 heterocycles. The Labute approximate surface area is 188 Å². The molecule has 0 atom stereocenters. The van der Waals surface area contributed by atoms with Crippen LogP contribution in [0.4, 0.5) is 14.5 Å². The van der Waals surface area contributed by atoms with E-state index in [1.54, 1.807) is 13.8 Å². The van der Waals surface area contributed by atoms with Crippen LogP contribution in [-0.2, 0) is 13.0 Å². The quantitative estimate of drug-likeness (QED) is 0.488. The number of benzene rings is 2. The van der Waals surface area contributed by atoms with Gasteiger partial charge in [0.1, 0.15) is 23.0 Å². The van der Waals surface area contributed by atoms with Crippen LogP contribution < -0.4 is 5.32 Å². The Morgan fingerprint density at radius 3 is 2.67 bits per heavy atom. The Kier molecular flexibility index (Phi) is 5.32. The number of hydrogen-bond acceptors (Lipinski definition) is 5. The Morgan fingerprint density at radius 1 is 1.00 bits per heavy atom. The average Bonchev–Trinajstić information content (AvgIpc) is 3.03. The predicted octanol–water partition coefficient (Wildman–Crippen LogP) is 4.76. The van der Waals surface area contributed by atoms with E-state index in [-0.39, 0.29) is 11.1 Å². The van der Waals surface area contributed by atoms with Crippen molar-refractivity contribution in [2.75, 3.05) is 5.32 Å². The number of carbonyl (C=O) groups excluding carboxylic acids is 1. The number of hydrogen-bond donors (Lipinski definition) is 1. The summed E-state index contributed by atoms with van der Waals surface area (Å²) in [6.07, 6.45) is 3.89.